The lowest BCUT2D eigenvalue weighted by molar-refractivity contribution is -0.143. The summed E-state index contributed by atoms with van der Waals surface area (Å²) in [5, 5.41) is 2.19. The van der Waals surface area contributed by atoms with Crippen LogP contribution in [0.15, 0.2) is 30.4 Å². The molecule has 0 unspecified atom stereocenters. The van der Waals surface area contributed by atoms with Crippen molar-refractivity contribution < 1.29 is 27.6 Å². The predicted molar refractivity (Wildman–Crippen MR) is 89.5 cm³/mol. The second kappa shape index (κ2) is 6.09. The summed E-state index contributed by atoms with van der Waals surface area (Å²) in [6, 6.07) is 2.54. The van der Waals surface area contributed by atoms with E-state index in [1.54, 1.807) is 0 Å². The number of carbonyl (C=O) groups is 3. The summed E-state index contributed by atoms with van der Waals surface area (Å²) in [6.45, 7) is -0.545. The van der Waals surface area contributed by atoms with Crippen molar-refractivity contribution in [2.24, 2.45) is 23.7 Å². The van der Waals surface area contributed by atoms with Crippen molar-refractivity contribution in [1.29, 1.82) is 0 Å². The van der Waals surface area contributed by atoms with Gasteiger partial charge in [-0.1, -0.05) is 23.8 Å². The van der Waals surface area contributed by atoms with E-state index >= 15 is 0 Å². The van der Waals surface area contributed by atoms with Crippen molar-refractivity contribution in [3.05, 3.63) is 40.9 Å². The van der Waals surface area contributed by atoms with Crippen molar-refractivity contribution in [2.45, 2.75) is 12.6 Å². The summed E-state index contributed by atoms with van der Waals surface area (Å²) >= 11 is 5.85. The fourth-order valence-corrected chi connectivity index (χ4v) is 4.42. The van der Waals surface area contributed by atoms with E-state index in [2.05, 4.69) is 5.32 Å². The van der Waals surface area contributed by atoms with Gasteiger partial charge in [0.05, 0.1) is 28.1 Å². The predicted octanol–water partition coefficient (Wildman–Crippen LogP) is 3.10. The summed E-state index contributed by atoms with van der Waals surface area (Å²) in [4.78, 5) is 38.2. The minimum atomic E-state index is -4.59. The number of anilines is 1. The second-order valence-corrected chi connectivity index (χ2v) is 7.41. The van der Waals surface area contributed by atoms with Gasteiger partial charge >= 0.3 is 6.18 Å². The van der Waals surface area contributed by atoms with Crippen molar-refractivity contribution in [3.63, 3.8) is 0 Å². The van der Waals surface area contributed by atoms with Gasteiger partial charge in [0.25, 0.3) is 0 Å². The van der Waals surface area contributed by atoms with Crippen LogP contribution in [0.25, 0.3) is 0 Å². The number of nitrogens with one attached hydrogen (secondary N) is 1. The van der Waals surface area contributed by atoms with E-state index < -0.39 is 47.8 Å². The van der Waals surface area contributed by atoms with Gasteiger partial charge in [-0.15, -0.1) is 0 Å². The number of allylic oxidation sites excluding steroid dienone is 2. The van der Waals surface area contributed by atoms with E-state index in [1.165, 1.54) is 0 Å². The fraction of sp³-hybridized carbons (Fsp3) is 0.389. The molecule has 9 heteroatoms. The number of amides is 3. The SMILES string of the molecule is O=C(CN1C(=O)[C@H]2[C@H](C1=O)[C@H]1C=C[C@H]2C1)Nc1cc(C(F)(F)F)ccc1Cl. The Labute approximate surface area is 157 Å². The maximum Gasteiger partial charge on any atom is 0.416 e. The smallest absolute Gasteiger partial charge is 0.323 e. The van der Waals surface area contributed by atoms with Gasteiger partial charge in [0.1, 0.15) is 6.54 Å². The van der Waals surface area contributed by atoms with Crippen LogP contribution in [0.5, 0.6) is 0 Å². The number of likely N-dealkylation sites (tertiary alicyclic amines) is 1. The third-order valence-electron chi connectivity index (χ3n) is 5.43. The highest BCUT2D eigenvalue weighted by Crippen LogP contribution is 2.52. The van der Waals surface area contributed by atoms with Gasteiger partial charge in [0.2, 0.25) is 17.7 Å². The lowest BCUT2D eigenvalue weighted by Crippen LogP contribution is -2.39. The monoisotopic (exact) mass is 398 g/mol. The molecular formula is C18H14ClF3N2O3. The van der Waals surface area contributed by atoms with Crippen LogP contribution in [0.4, 0.5) is 18.9 Å². The van der Waals surface area contributed by atoms with E-state index in [-0.39, 0.29) is 22.5 Å². The Morgan fingerprint density at radius 3 is 2.30 bits per heavy atom. The van der Waals surface area contributed by atoms with Gasteiger partial charge in [0.15, 0.2) is 0 Å². The first kappa shape index (κ1) is 18.0. The number of hydrogen-bond donors (Lipinski definition) is 1. The summed E-state index contributed by atoms with van der Waals surface area (Å²) in [5.74, 6) is -2.41. The van der Waals surface area contributed by atoms with Crippen molar-refractivity contribution in [3.8, 4) is 0 Å². The highest BCUT2D eigenvalue weighted by Gasteiger charge is 2.59. The summed E-state index contributed by atoms with van der Waals surface area (Å²) in [5.41, 5.74) is -1.19. The number of imide groups is 1. The molecule has 2 fully saturated rings. The first-order valence-electron chi connectivity index (χ1n) is 8.37. The molecule has 0 aromatic heterocycles. The van der Waals surface area contributed by atoms with Crippen LogP contribution < -0.4 is 5.32 Å². The molecule has 27 heavy (non-hydrogen) atoms. The topological polar surface area (TPSA) is 66.5 Å². The Bertz CT molecular complexity index is 853. The van der Waals surface area contributed by atoms with Gasteiger partial charge in [0, 0.05) is 0 Å². The quantitative estimate of drug-likeness (QED) is 0.628. The summed E-state index contributed by atoms with van der Waals surface area (Å²) < 4.78 is 38.5. The molecule has 2 aliphatic carbocycles. The van der Waals surface area contributed by atoms with Gasteiger partial charge in [-0.3, -0.25) is 19.3 Å². The zero-order valence-corrected chi connectivity index (χ0v) is 14.6. The van der Waals surface area contributed by atoms with Crippen molar-refractivity contribution in [1.82, 2.24) is 4.90 Å². The van der Waals surface area contributed by atoms with E-state index in [1.807, 2.05) is 12.2 Å². The van der Waals surface area contributed by atoms with Crippen LogP contribution in [0.3, 0.4) is 0 Å². The zero-order chi connectivity index (χ0) is 19.5. The normalized spacial score (nSPS) is 28.8. The number of halogens is 4. The van der Waals surface area contributed by atoms with E-state index in [4.69, 9.17) is 11.6 Å². The van der Waals surface area contributed by atoms with E-state index in [0.717, 1.165) is 23.5 Å². The zero-order valence-electron chi connectivity index (χ0n) is 13.8. The highest BCUT2D eigenvalue weighted by atomic mass is 35.5. The number of alkyl halides is 3. The van der Waals surface area contributed by atoms with Gasteiger partial charge in [-0.05, 0) is 36.5 Å². The molecule has 1 heterocycles. The molecular weight excluding hydrogens is 385 g/mol. The molecule has 142 valence electrons. The number of benzene rings is 1. The number of fused-ring (bicyclic) bond motifs is 5. The van der Waals surface area contributed by atoms with Gasteiger partial charge < -0.3 is 5.32 Å². The lowest BCUT2D eigenvalue weighted by atomic mass is 9.85. The minimum Gasteiger partial charge on any atom is -0.323 e. The Balaban J connectivity index is 1.48. The van der Waals surface area contributed by atoms with Crippen LogP contribution in [-0.4, -0.2) is 29.2 Å². The molecule has 2 bridgehead atoms. The third kappa shape index (κ3) is 2.92. The Morgan fingerprint density at radius 1 is 1.15 bits per heavy atom. The number of rotatable bonds is 3. The minimum absolute atomic E-state index is 0.0161. The molecule has 1 aromatic carbocycles. The lowest BCUT2D eigenvalue weighted by Gasteiger charge is -2.17. The molecule has 0 spiro atoms. The van der Waals surface area contributed by atoms with Gasteiger partial charge in [-0.2, -0.15) is 13.2 Å². The number of nitrogens with zero attached hydrogens (tertiary/aromatic N) is 1. The molecule has 1 N–H and O–H groups in total. The van der Waals surface area contributed by atoms with Crippen LogP contribution in [-0.2, 0) is 20.6 Å². The van der Waals surface area contributed by atoms with Crippen LogP contribution >= 0.6 is 11.6 Å². The van der Waals surface area contributed by atoms with Crippen molar-refractivity contribution >= 4 is 35.0 Å². The first-order chi connectivity index (χ1) is 12.7. The maximum absolute atomic E-state index is 12.8. The Morgan fingerprint density at radius 2 is 1.74 bits per heavy atom. The Kier molecular flexibility index (Phi) is 4.06. The largest absolute Gasteiger partial charge is 0.416 e. The van der Waals surface area contributed by atoms with Crippen LogP contribution in [0, 0.1) is 23.7 Å². The van der Waals surface area contributed by atoms with Crippen molar-refractivity contribution in [2.75, 3.05) is 11.9 Å². The average Bonchev–Trinajstić information content (AvgIpc) is 3.26. The molecule has 4 rings (SSSR count). The molecule has 5 nitrogen and oxygen atoms in total. The first-order valence-corrected chi connectivity index (χ1v) is 8.75. The van der Waals surface area contributed by atoms with Crippen LogP contribution in [0.1, 0.15) is 12.0 Å². The molecule has 0 radical (unpaired) electrons. The van der Waals surface area contributed by atoms with E-state index in [9.17, 15) is 27.6 Å². The molecule has 3 aliphatic rings. The average molecular weight is 399 g/mol. The molecule has 1 saturated carbocycles. The standard InChI is InChI=1S/C18H14ClF3N2O3/c19-11-4-3-10(18(20,21)22)6-12(11)23-13(25)7-24-16(26)14-8-1-2-9(5-8)15(14)17(24)27/h1-4,6,8-9,14-15H,5,7H2,(H,23,25)/t8-,9-,14+,15+/m0/s1. The summed E-state index contributed by atoms with van der Waals surface area (Å²) in [6.07, 6.45) is 0.0490. The Hall–Kier alpha value is -2.35. The third-order valence-corrected chi connectivity index (χ3v) is 5.76. The summed E-state index contributed by atoms with van der Waals surface area (Å²) in [7, 11) is 0. The van der Waals surface area contributed by atoms with Gasteiger partial charge in [-0.25, -0.2) is 0 Å². The highest BCUT2D eigenvalue weighted by molar-refractivity contribution is 6.33. The number of hydrogen-bond acceptors (Lipinski definition) is 3. The van der Waals surface area contributed by atoms with Crippen LogP contribution in [0.2, 0.25) is 5.02 Å². The molecule has 1 saturated heterocycles. The molecule has 1 aromatic rings. The molecule has 3 amide bonds. The van der Waals surface area contributed by atoms with E-state index in [0.29, 0.717) is 6.07 Å². The maximum atomic E-state index is 12.8. The fourth-order valence-electron chi connectivity index (χ4n) is 4.25. The molecule has 4 atom stereocenters. The number of carbonyl (C=O) groups excluding carboxylic acids is 3. The second-order valence-electron chi connectivity index (χ2n) is 7.00. The molecule has 1 aliphatic heterocycles.